The molecule has 3 aliphatic carbocycles. The Kier molecular flexibility index (Phi) is 6.92. The molecule has 11 nitrogen and oxygen atoms in total. The van der Waals surface area contributed by atoms with Crippen molar-refractivity contribution in [3.63, 3.8) is 0 Å². The zero-order valence-corrected chi connectivity index (χ0v) is 29.7. The number of esters is 2. The van der Waals surface area contributed by atoms with Crippen LogP contribution in [0.1, 0.15) is 81.6 Å². The summed E-state index contributed by atoms with van der Waals surface area (Å²) < 4.78 is 59.1. The lowest BCUT2D eigenvalue weighted by atomic mass is 9.45. The van der Waals surface area contributed by atoms with Gasteiger partial charge in [0.2, 0.25) is 0 Å². The molecule has 4 heterocycles. The van der Waals surface area contributed by atoms with Gasteiger partial charge in [0.15, 0.2) is 0 Å². The second kappa shape index (κ2) is 9.75. The number of carbonyl (C=O) groups is 4. The molecule has 6 bridgehead atoms. The highest BCUT2D eigenvalue weighted by Crippen LogP contribution is 2.74. The molecular weight excluding hydrogens is 628 g/mol. The van der Waals surface area contributed by atoms with Gasteiger partial charge in [0.25, 0.3) is 10.1 Å². The molecule has 3 saturated heterocycles. The third-order valence-corrected chi connectivity index (χ3v) is 15.7. The maximum absolute atomic E-state index is 15.0. The number of fused-ring (bicyclic) bond motifs is 4. The molecule has 3 saturated carbocycles. The maximum Gasteiger partial charge on any atom is 0.313 e. The normalized spacial score (nSPS) is 50.0. The Morgan fingerprint density at radius 1 is 0.957 bits per heavy atom. The summed E-state index contributed by atoms with van der Waals surface area (Å²) in [7, 11) is -4.34. The van der Waals surface area contributed by atoms with Crippen molar-refractivity contribution in [3.05, 3.63) is 11.6 Å². The molecule has 0 radical (unpaired) electrons. The van der Waals surface area contributed by atoms with Crippen LogP contribution in [0.25, 0.3) is 0 Å². The van der Waals surface area contributed by atoms with Crippen LogP contribution in [0.5, 0.6) is 0 Å². The summed E-state index contributed by atoms with van der Waals surface area (Å²) in [5, 5.41) is 0. The standard InChI is InChI=1S/C35H48O11S/c1-10-42-28(38)24-22-26(37)23-25(29(39)43-11-2)32(9)27(44-47(40,41)16-33-13-12-20(14-21(33)36)30(33,6)7)18(4)35(23,46-32)19(5)34(22)17(3)15-31(24,8)45-34/h15,18-20,22-25,27H,10-14,16H2,1-9H3/t18-,19-,20+,22-,23+,24-,25+,27-,31+,32+,33-,34+,35-/m0/s1. The maximum atomic E-state index is 15.0. The van der Waals surface area contributed by atoms with E-state index in [0.29, 0.717) is 12.8 Å². The van der Waals surface area contributed by atoms with Gasteiger partial charge in [0.1, 0.15) is 40.7 Å². The van der Waals surface area contributed by atoms with E-state index < -0.39 is 103 Å². The Balaban J connectivity index is 1.32. The fraction of sp³-hybridized carbons (Fsp3) is 0.829. The molecule has 7 aliphatic rings. The Bertz CT molecular complexity index is 1620. The highest BCUT2D eigenvalue weighted by Gasteiger charge is 2.87. The van der Waals surface area contributed by atoms with E-state index in [4.69, 9.17) is 23.1 Å². The van der Waals surface area contributed by atoms with Crippen molar-refractivity contribution < 1.29 is 50.7 Å². The number of carbonyl (C=O) groups excluding carboxylic acids is 4. The topological polar surface area (TPSA) is 149 Å². The predicted molar refractivity (Wildman–Crippen MR) is 166 cm³/mol. The molecule has 6 fully saturated rings. The van der Waals surface area contributed by atoms with E-state index in [1.54, 1.807) is 34.6 Å². The van der Waals surface area contributed by atoms with Crippen LogP contribution in [0.3, 0.4) is 0 Å². The number of ether oxygens (including phenoxy) is 4. The van der Waals surface area contributed by atoms with Crippen LogP contribution in [0.4, 0.5) is 0 Å². The van der Waals surface area contributed by atoms with Crippen LogP contribution in [0.2, 0.25) is 0 Å². The molecule has 2 spiro atoms. The van der Waals surface area contributed by atoms with Crippen molar-refractivity contribution in [1.82, 2.24) is 0 Å². The Morgan fingerprint density at radius 3 is 2.13 bits per heavy atom. The third kappa shape index (κ3) is 3.66. The zero-order chi connectivity index (χ0) is 34.5. The first-order valence-electron chi connectivity index (χ1n) is 17.2. The van der Waals surface area contributed by atoms with Crippen molar-refractivity contribution in [2.75, 3.05) is 19.0 Å². The Labute approximate surface area is 276 Å². The van der Waals surface area contributed by atoms with E-state index >= 15 is 4.79 Å². The highest BCUT2D eigenvalue weighted by atomic mass is 32.2. The van der Waals surface area contributed by atoms with E-state index in [2.05, 4.69) is 0 Å². The summed E-state index contributed by atoms with van der Waals surface area (Å²) in [5.41, 5.74) is -6.09. The molecular formula is C35H48O11S. The van der Waals surface area contributed by atoms with Gasteiger partial charge in [0.05, 0.1) is 47.4 Å². The van der Waals surface area contributed by atoms with Crippen LogP contribution in [-0.2, 0) is 52.4 Å². The van der Waals surface area contributed by atoms with Crippen molar-refractivity contribution >= 4 is 33.6 Å². The molecule has 260 valence electrons. The first-order valence-corrected chi connectivity index (χ1v) is 18.7. The summed E-state index contributed by atoms with van der Waals surface area (Å²) in [6, 6.07) is 0. The molecule has 0 amide bonds. The van der Waals surface area contributed by atoms with Crippen molar-refractivity contribution in [2.24, 2.45) is 52.3 Å². The van der Waals surface area contributed by atoms with Crippen LogP contribution < -0.4 is 0 Å². The number of rotatable bonds is 8. The van der Waals surface area contributed by atoms with E-state index in [1.807, 2.05) is 33.8 Å². The van der Waals surface area contributed by atoms with Gasteiger partial charge in [-0.25, -0.2) is 0 Å². The smallest absolute Gasteiger partial charge is 0.313 e. The van der Waals surface area contributed by atoms with Gasteiger partial charge >= 0.3 is 11.9 Å². The summed E-state index contributed by atoms with van der Waals surface area (Å²) >= 11 is 0. The minimum absolute atomic E-state index is 0.0387. The quantitative estimate of drug-likeness (QED) is 0.211. The molecule has 7 rings (SSSR count). The number of ketones is 2. The number of hydrogen-bond acceptors (Lipinski definition) is 11. The lowest BCUT2D eigenvalue weighted by molar-refractivity contribution is -0.196. The number of hydrogen-bond donors (Lipinski definition) is 0. The Hall–Kier alpha value is -2.15. The van der Waals surface area contributed by atoms with Gasteiger partial charge in [-0.2, -0.15) is 8.42 Å². The van der Waals surface area contributed by atoms with E-state index in [9.17, 15) is 22.8 Å². The molecule has 12 heteroatoms. The first-order chi connectivity index (χ1) is 21.8. The largest absolute Gasteiger partial charge is 0.466 e. The average Bonchev–Trinajstić information content (AvgIpc) is 3.69. The first kappa shape index (κ1) is 33.4. The van der Waals surface area contributed by atoms with E-state index in [0.717, 1.165) is 12.0 Å². The van der Waals surface area contributed by atoms with Crippen LogP contribution in [-0.4, -0.2) is 79.4 Å². The molecule has 0 aromatic heterocycles. The predicted octanol–water partition coefficient (Wildman–Crippen LogP) is 3.57. The lowest BCUT2D eigenvalue weighted by Crippen LogP contribution is -2.71. The fourth-order valence-electron chi connectivity index (χ4n) is 12.2. The van der Waals surface area contributed by atoms with Gasteiger partial charge in [-0.3, -0.25) is 23.4 Å². The van der Waals surface area contributed by atoms with E-state index in [1.165, 1.54) is 0 Å². The highest BCUT2D eigenvalue weighted by molar-refractivity contribution is 7.86. The second-order valence-corrected chi connectivity index (χ2v) is 17.9. The SMILES string of the molecule is CCOC(=O)[C@@H]1[C@H]2C(=O)[C@H]3[C@H](C(=O)OCC)[C@@]4(C)O[C@@]3([C@@H](C)[C@@H]4OS(=O)(=O)C[C@@]34CC[C@H](CC3=O)C4(C)C)[C@@H](C)[C@@]23O[C@]1(C)C=C3C. The van der Waals surface area contributed by atoms with Gasteiger partial charge in [-0.05, 0) is 64.4 Å². The van der Waals surface area contributed by atoms with Crippen molar-refractivity contribution in [1.29, 1.82) is 0 Å². The fourth-order valence-corrected chi connectivity index (χ4v) is 14.3. The minimum atomic E-state index is -4.34. The molecule has 0 N–H and O–H groups in total. The second-order valence-electron chi connectivity index (χ2n) is 16.3. The summed E-state index contributed by atoms with van der Waals surface area (Å²) in [6.07, 6.45) is 2.35. The molecule has 47 heavy (non-hydrogen) atoms. The van der Waals surface area contributed by atoms with Gasteiger partial charge in [0, 0.05) is 18.3 Å². The average molecular weight is 677 g/mol. The molecule has 0 aromatic carbocycles. The summed E-state index contributed by atoms with van der Waals surface area (Å²) in [5.74, 6) is -7.36. The third-order valence-electron chi connectivity index (χ3n) is 14.3. The minimum Gasteiger partial charge on any atom is -0.466 e. The van der Waals surface area contributed by atoms with Crippen LogP contribution in [0, 0.1) is 52.3 Å². The van der Waals surface area contributed by atoms with Crippen molar-refractivity contribution in [3.8, 4) is 0 Å². The van der Waals surface area contributed by atoms with Gasteiger partial charge in [-0.15, -0.1) is 0 Å². The monoisotopic (exact) mass is 676 g/mol. The Morgan fingerprint density at radius 2 is 1.57 bits per heavy atom. The van der Waals surface area contributed by atoms with E-state index in [-0.39, 0.29) is 30.7 Å². The molecule has 13 atom stereocenters. The molecule has 0 unspecified atom stereocenters. The number of Topliss-reactive ketones (excluding diaryl/α,β-unsaturated/α-hetero) is 2. The lowest BCUT2D eigenvalue weighted by Gasteiger charge is -2.57. The summed E-state index contributed by atoms with van der Waals surface area (Å²) in [4.78, 5) is 55.7. The zero-order valence-electron chi connectivity index (χ0n) is 28.8. The van der Waals surface area contributed by atoms with Crippen LogP contribution in [0.15, 0.2) is 11.6 Å². The van der Waals surface area contributed by atoms with Crippen molar-refractivity contribution in [2.45, 2.75) is 110 Å². The van der Waals surface area contributed by atoms with Crippen LogP contribution >= 0.6 is 0 Å². The van der Waals surface area contributed by atoms with Gasteiger partial charge < -0.3 is 18.9 Å². The molecule has 4 aliphatic heterocycles. The van der Waals surface area contributed by atoms with Gasteiger partial charge in [-0.1, -0.05) is 33.8 Å². The molecule has 0 aromatic rings. The summed E-state index contributed by atoms with van der Waals surface area (Å²) in [6.45, 7) is 16.5.